The van der Waals surface area contributed by atoms with E-state index in [9.17, 15) is 4.79 Å². The summed E-state index contributed by atoms with van der Waals surface area (Å²) in [4.78, 5) is 12.4. The monoisotopic (exact) mass is 324 g/mol. The van der Waals surface area contributed by atoms with Crippen LogP contribution in [0.3, 0.4) is 0 Å². The van der Waals surface area contributed by atoms with E-state index in [1.165, 1.54) is 0 Å². The van der Waals surface area contributed by atoms with E-state index in [4.69, 9.17) is 14.2 Å². The van der Waals surface area contributed by atoms with E-state index in [1.54, 1.807) is 0 Å². The van der Waals surface area contributed by atoms with Gasteiger partial charge in [-0.25, -0.2) is 4.79 Å². The maximum Gasteiger partial charge on any atom is 0.389 e. The van der Waals surface area contributed by atoms with E-state index in [0.29, 0.717) is 11.5 Å². The number of benzene rings is 2. The predicted molar refractivity (Wildman–Crippen MR) is 89.2 cm³/mol. The van der Waals surface area contributed by atoms with Crippen LogP contribution in [0, 0.1) is 0 Å². The Hall–Kier alpha value is -2.49. The number of carbonyl (C=O) groups excluding carboxylic acids is 1. The molecule has 0 saturated heterocycles. The molecule has 0 unspecified atom stereocenters. The van der Waals surface area contributed by atoms with Crippen molar-refractivity contribution >= 4 is 5.97 Å². The minimum absolute atomic E-state index is 0.0693. The van der Waals surface area contributed by atoms with Crippen molar-refractivity contribution in [2.24, 2.45) is 0 Å². The molecule has 1 fully saturated rings. The van der Waals surface area contributed by atoms with Gasteiger partial charge in [-0.2, -0.15) is 0 Å². The van der Waals surface area contributed by atoms with Gasteiger partial charge >= 0.3 is 12.3 Å². The average molecular weight is 324 g/mol. The molecular weight excluding hydrogens is 304 g/mol. The van der Waals surface area contributed by atoms with Crippen LogP contribution in [0.5, 0.6) is 11.5 Å². The van der Waals surface area contributed by atoms with Gasteiger partial charge in [0, 0.05) is 16.5 Å². The summed E-state index contributed by atoms with van der Waals surface area (Å²) in [5.41, 5.74) is 2.16. The number of carbonyl (C=O) groups is 1. The molecule has 0 N–H and O–H groups in total. The van der Waals surface area contributed by atoms with Crippen LogP contribution in [0.1, 0.15) is 37.8 Å². The molecule has 2 aromatic carbocycles. The van der Waals surface area contributed by atoms with E-state index >= 15 is 0 Å². The van der Waals surface area contributed by atoms with Crippen molar-refractivity contribution < 1.29 is 19.0 Å². The van der Waals surface area contributed by atoms with Gasteiger partial charge < -0.3 is 14.2 Å². The third-order valence-corrected chi connectivity index (χ3v) is 4.57. The molecular formula is C20H20O4. The van der Waals surface area contributed by atoms with E-state index in [-0.39, 0.29) is 11.5 Å². The fraction of sp³-hybridized carbons (Fsp3) is 0.350. The standard InChI is InChI=1S/C20H20O4/c1-13(2)22-18(21)19-23-16-9-5-3-7-14(16)20(11-12-20)15-8-4-6-10-17(15)24-19/h3-10,13,19H,11-12H2,1-2H3. The highest BCUT2D eigenvalue weighted by molar-refractivity contribution is 5.75. The number of esters is 1. The van der Waals surface area contributed by atoms with E-state index in [0.717, 1.165) is 24.0 Å². The molecule has 1 heterocycles. The SMILES string of the molecule is CC(C)OC(=O)C1Oc2ccccc2C2(CC2)c2ccccc2O1. The lowest BCUT2D eigenvalue weighted by atomic mass is 9.86. The first-order valence-corrected chi connectivity index (χ1v) is 8.33. The average Bonchev–Trinajstić information content (AvgIpc) is 3.35. The second-order valence-corrected chi connectivity index (χ2v) is 6.63. The molecule has 4 heteroatoms. The third kappa shape index (κ3) is 2.42. The molecule has 1 aliphatic heterocycles. The first-order chi connectivity index (χ1) is 11.6. The minimum atomic E-state index is -1.11. The Labute approximate surface area is 141 Å². The van der Waals surface area contributed by atoms with Crippen LogP contribution in [-0.2, 0) is 14.9 Å². The van der Waals surface area contributed by atoms with Crippen molar-refractivity contribution in [2.75, 3.05) is 0 Å². The maximum atomic E-state index is 12.4. The Morgan fingerprint density at radius 2 is 1.50 bits per heavy atom. The summed E-state index contributed by atoms with van der Waals surface area (Å²) in [6.45, 7) is 3.61. The van der Waals surface area contributed by atoms with E-state index in [1.807, 2.05) is 50.2 Å². The topological polar surface area (TPSA) is 44.8 Å². The van der Waals surface area contributed by atoms with Crippen LogP contribution in [-0.4, -0.2) is 18.4 Å². The molecule has 0 amide bonds. The Balaban J connectivity index is 1.81. The lowest BCUT2D eigenvalue weighted by Gasteiger charge is -2.29. The summed E-state index contributed by atoms with van der Waals surface area (Å²) in [5, 5.41) is 0. The molecule has 4 nitrogen and oxygen atoms in total. The van der Waals surface area contributed by atoms with E-state index < -0.39 is 12.3 Å². The molecule has 4 rings (SSSR count). The minimum Gasteiger partial charge on any atom is -0.457 e. The lowest BCUT2D eigenvalue weighted by molar-refractivity contribution is -0.169. The maximum absolute atomic E-state index is 12.4. The van der Waals surface area contributed by atoms with Gasteiger partial charge in [0.05, 0.1) is 6.10 Å². The second-order valence-electron chi connectivity index (χ2n) is 6.63. The van der Waals surface area contributed by atoms with Crippen molar-refractivity contribution in [3.8, 4) is 11.5 Å². The van der Waals surface area contributed by atoms with Crippen molar-refractivity contribution in [1.82, 2.24) is 0 Å². The molecule has 1 saturated carbocycles. The zero-order chi connectivity index (χ0) is 16.7. The second kappa shape index (κ2) is 5.55. The molecule has 1 aliphatic carbocycles. The van der Waals surface area contributed by atoms with Gasteiger partial charge in [0.15, 0.2) is 0 Å². The zero-order valence-corrected chi connectivity index (χ0v) is 13.8. The summed E-state index contributed by atoms with van der Waals surface area (Å²) in [6, 6.07) is 15.8. The van der Waals surface area contributed by atoms with Gasteiger partial charge in [-0.15, -0.1) is 0 Å². The number of hydrogen-bond acceptors (Lipinski definition) is 4. The van der Waals surface area contributed by atoms with Crippen molar-refractivity contribution in [2.45, 2.75) is 44.5 Å². The molecule has 0 atom stereocenters. The predicted octanol–water partition coefficient (Wildman–Crippen LogP) is 3.82. The Morgan fingerprint density at radius 3 is 1.96 bits per heavy atom. The largest absolute Gasteiger partial charge is 0.457 e. The molecule has 2 aliphatic rings. The fourth-order valence-corrected chi connectivity index (χ4v) is 3.38. The molecule has 0 bridgehead atoms. The first-order valence-electron chi connectivity index (χ1n) is 8.33. The van der Waals surface area contributed by atoms with Crippen LogP contribution in [0.15, 0.2) is 48.5 Å². The number of fused-ring (bicyclic) bond motifs is 4. The summed E-state index contributed by atoms with van der Waals surface area (Å²) in [7, 11) is 0. The molecule has 24 heavy (non-hydrogen) atoms. The van der Waals surface area contributed by atoms with Crippen LogP contribution >= 0.6 is 0 Å². The summed E-state index contributed by atoms with van der Waals surface area (Å²) in [6.07, 6.45) is 0.769. The normalized spacial score (nSPS) is 17.8. The van der Waals surface area contributed by atoms with Gasteiger partial charge in [0.1, 0.15) is 11.5 Å². The smallest absolute Gasteiger partial charge is 0.389 e. The molecule has 124 valence electrons. The molecule has 0 radical (unpaired) electrons. The Bertz CT molecular complexity index is 725. The Morgan fingerprint density at radius 1 is 1.00 bits per heavy atom. The van der Waals surface area contributed by atoms with Crippen molar-refractivity contribution in [1.29, 1.82) is 0 Å². The molecule has 0 aromatic heterocycles. The van der Waals surface area contributed by atoms with Crippen LogP contribution in [0.25, 0.3) is 0 Å². The van der Waals surface area contributed by atoms with Gasteiger partial charge in [-0.1, -0.05) is 36.4 Å². The highest BCUT2D eigenvalue weighted by Crippen LogP contribution is 2.58. The van der Waals surface area contributed by atoms with Gasteiger partial charge in [0.2, 0.25) is 0 Å². The lowest BCUT2D eigenvalue weighted by Crippen LogP contribution is -2.38. The first kappa shape index (κ1) is 15.1. The summed E-state index contributed by atoms with van der Waals surface area (Å²) >= 11 is 0. The molecule has 2 aromatic rings. The number of hydrogen-bond donors (Lipinski definition) is 0. The zero-order valence-electron chi connectivity index (χ0n) is 13.8. The Kier molecular flexibility index (Phi) is 3.48. The quantitative estimate of drug-likeness (QED) is 0.788. The third-order valence-electron chi connectivity index (χ3n) is 4.57. The van der Waals surface area contributed by atoms with E-state index in [2.05, 4.69) is 12.1 Å². The fourth-order valence-electron chi connectivity index (χ4n) is 3.38. The van der Waals surface area contributed by atoms with Crippen molar-refractivity contribution in [3.63, 3.8) is 0 Å². The van der Waals surface area contributed by atoms with Gasteiger partial charge in [-0.3, -0.25) is 0 Å². The van der Waals surface area contributed by atoms with Gasteiger partial charge in [-0.05, 0) is 38.8 Å². The van der Waals surface area contributed by atoms with Crippen LogP contribution in [0.4, 0.5) is 0 Å². The van der Waals surface area contributed by atoms with Crippen LogP contribution < -0.4 is 9.47 Å². The van der Waals surface area contributed by atoms with Crippen LogP contribution in [0.2, 0.25) is 0 Å². The highest BCUT2D eigenvalue weighted by atomic mass is 16.7. The molecule has 1 spiro atoms. The highest BCUT2D eigenvalue weighted by Gasteiger charge is 2.50. The number of rotatable bonds is 2. The number of para-hydroxylation sites is 2. The van der Waals surface area contributed by atoms with Gasteiger partial charge in [0.25, 0.3) is 0 Å². The van der Waals surface area contributed by atoms with Crippen molar-refractivity contribution in [3.05, 3.63) is 59.7 Å². The summed E-state index contributed by atoms with van der Waals surface area (Å²) < 4.78 is 17.2. The summed E-state index contributed by atoms with van der Waals surface area (Å²) in [5.74, 6) is 0.867. The number of ether oxygens (including phenoxy) is 3.